The number of nitrogens with two attached hydrogens (primary N) is 1. The maximum atomic E-state index is 13.4. The van der Waals surface area contributed by atoms with Gasteiger partial charge in [0.25, 0.3) is 0 Å². The minimum absolute atomic E-state index is 0.0853. The van der Waals surface area contributed by atoms with Crippen LogP contribution in [0.3, 0.4) is 0 Å². The Kier molecular flexibility index (Phi) is 6.35. The van der Waals surface area contributed by atoms with E-state index in [9.17, 15) is 4.79 Å². The fraction of sp³-hybridized carbons (Fsp3) is 0.231. The molecular weight excluding hydrogens is 511 g/mol. The molecule has 0 radical (unpaired) electrons. The molecule has 0 saturated heterocycles. The second-order valence-electron chi connectivity index (χ2n) is 8.78. The minimum atomic E-state index is -2.16. The van der Waals surface area contributed by atoms with Gasteiger partial charge in [0, 0.05) is 0 Å². The Balaban J connectivity index is 1.71. The molecule has 0 aliphatic heterocycles. The van der Waals surface area contributed by atoms with Gasteiger partial charge in [-0.25, -0.2) is 0 Å². The van der Waals surface area contributed by atoms with Gasteiger partial charge in [-0.05, 0) is 0 Å². The van der Waals surface area contributed by atoms with Gasteiger partial charge in [0.05, 0.1) is 0 Å². The van der Waals surface area contributed by atoms with E-state index in [1.807, 2.05) is 53.2 Å². The molecule has 3 aromatic carbocycles. The zero-order chi connectivity index (χ0) is 22.9. The summed E-state index contributed by atoms with van der Waals surface area (Å²) < 4.78 is 3.07. The molecule has 0 bridgehead atoms. The first-order valence-electron chi connectivity index (χ1n) is 10.6. The third-order valence-electron chi connectivity index (χ3n) is 5.39. The molecule has 5 nitrogen and oxygen atoms in total. The van der Waals surface area contributed by atoms with Crippen LogP contribution >= 0.6 is 19.8 Å². The van der Waals surface area contributed by atoms with E-state index in [4.69, 9.17) is 10.8 Å². The number of rotatable bonds is 5. The Morgan fingerprint density at radius 3 is 2.50 bits per heavy atom. The molecule has 3 N–H and O–H groups in total. The van der Waals surface area contributed by atoms with Crippen molar-refractivity contribution in [2.24, 2.45) is 5.73 Å². The summed E-state index contributed by atoms with van der Waals surface area (Å²) in [4.78, 5) is 15.5. The number of benzene rings is 3. The molecule has 0 fully saturated rings. The monoisotopic (exact) mass is 540 g/mol. The first kappa shape index (κ1) is 22.5. The number of hydrogen-bond acceptors (Lipinski definition) is 3. The summed E-state index contributed by atoms with van der Waals surface area (Å²) in [5.41, 5.74) is 8.54. The van der Waals surface area contributed by atoms with Gasteiger partial charge in [-0.1, -0.05) is 0 Å². The normalized spacial score (nSPS) is 12.1. The van der Waals surface area contributed by atoms with Crippen LogP contribution in [-0.2, 0) is 12.0 Å². The van der Waals surface area contributed by atoms with E-state index < -0.39 is 19.8 Å². The van der Waals surface area contributed by atoms with E-state index in [0.29, 0.717) is 12.4 Å². The number of carbonyl (C=O) groups excluding carboxylic acids is 1. The molecular formula is C26H29IN4O. The summed E-state index contributed by atoms with van der Waals surface area (Å²) in [6.07, 6.45) is 0. The van der Waals surface area contributed by atoms with Crippen LogP contribution in [0.2, 0.25) is 0 Å². The number of fused-ring (bicyclic) bond motifs is 1. The van der Waals surface area contributed by atoms with E-state index in [0.717, 1.165) is 25.9 Å². The number of nitrogens with zero attached hydrogens (tertiary/aromatic N) is 2. The molecule has 1 aromatic heterocycles. The predicted molar refractivity (Wildman–Crippen MR) is 142 cm³/mol. The third kappa shape index (κ3) is 4.56. The van der Waals surface area contributed by atoms with Crippen molar-refractivity contribution in [2.75, 3.05) is 10.2 Å². The molecule has 0 aliphatic rings. The molecule has 166 valence electrons. The van der Waals surface area contributed by atoms with Gasteiger partial charge in [0.2, 0.25) is 0 Å². The number of aromatic nitrogens is 2. The van der Waals surface area contributed by atoms with E-state index >= 15 is 0 Å². The third-order valence-corrected chi connectivity index (χ3v) is 9.82. The van der Waals surface area contributed by atoms with Crippen LogP contribution < -0.4 is 11.1 Å². The van der Waals surface area contributed by atoms with Crippen LogP contribution in [0, 0.1) is 3.57 Å². The van der Waals surface area contributed by atoms with Crippen molar-refractivity contribution >= 4 is 40.3 Å². The Labute approximate surface area is 196 Å². The maximum absolute atomic E-state index is 13.4. The van der Waals surface area contributed by atoms with E-state index in [1.165, 1.54) is 5.39 Å². The second kappa shape index (κ2) is 9.03. The van der Waals surface area contributed by atoms with Crippen molar-refractivity contribution in [1.29, 1.82) is 0 Å². The molecule has 0 unspecified atom stereocenters. The topological polar surface area (TPSA) is 72.9 Å². The summed E-state index contributed by atoms with van der Waals surface area (Å²) in [6, 6.07) is 24.4. The summed E-state index contributed by atoms with van der Waals surface area (Å²) in [5, 5.41) is 10.4. The zero-order valence-corrected chi connectivity index (χ0v) is 21.1. The summed E-state index contributed by atoms with van der Waals surface area (Å²) >= 11 is -2.16. The summed E-state index contributed by atoms with van der Waals surface area (Å²) in [6.45, 7) is 6.82. The number of nitrogens with one attached hydrogen (secondary N) is 1. The number of anilines is 1. The Bertz CT molecular complexity index is 1270. The number of hydrogen-bond donors (Lipinski definition) is 2. The fourth-order valence-corrected chi connectivity index (χ4v) is 6.86. The average molecular weight is 540 g/mol. The molecule has 0 saturated carbocycles. The Hall–Kier alpha value is -2.71. The van der Waals surface area contributed by atoms with Crippen LogP contribution in [-0.4, -0.2) is 18.6 Å². The van der Waals surface area contributed by atoms with E-state index in [1.54, 1.807) is 0 Å². The van der Waals surface area contributed by atoms with Gasteiger partial charge in [-0.2, -0.15) is 0 Å². The molecule has 1 heterocycles. The Morgan fingerprint density at radius 1 is 1.03 bits per heavy atom. The zero-order valence-electron chi connectivity index (χ0n) is 18.9. The van der Waals surface area contributed by atoms with Crippen molar-refractivity contribution in [3.63, 3.8) is 0 Å². The van der Waals surface area contributed by atoms with Gasteiger partial charge in [-0.15, -0.1) is 0 Å². The van der Waals surface area contributed by atoms with Gasteiger partial charge < -0.3 is 0 Å². The van der Waals surface area contributed by atoms with Crippen LogP contribution in [0.5, 0.6) is 0 Å². The van der Waals surface area contributed by atoms with Crippen molar-refractivity contribution < 1.29 is 4.79 Å². The standard InChI is InChI=1S/C26H29IN4O/c1-26(2,3)23-16-24(31(30-23)20-12-7-9-18(15-20)17-28)29-25(32)27(4)22-14-8-11-19-10-5-6-13-21(19)22/h5-16H,17,28H2,1-4H3,(H,29,32). The number of halogens is 1. The van der Waals surface area contributed by atoms with Gasteiger partial charge in [0.1, 0.15) is 0 Å². The van der Waals surface area contributed by atoms with Crippen LogP contribution in [0.4, 0.5) is 10.6 Å². The fourth-order valence-electron chi connectivity index (χ4n) is 3.55. The van der Waals surface area contributed by atoms with E-state index in [2.05, 4.69) is 55.3 Å². The molecule has 4 aromatic rings. The molecule has 4 rings (SSSR count). The van der Waals surface area contributed by atoms with Crippen LogP contribution in [0.1, 0.15) is 32.0 Å². The number of amides is 1. The van der Waals surface area contributed by atoms with Gasteiger partial charge in [-0.3, -0.25) is 0 Å². The SMILES string of the molecule is CI(C(=O)Nc1cc(C(C)(C)C)nn1-c1cccc(CN)c1)c1cccc2ccccc12. The molecule has 6 heteroatoms. The quantitative estimate of drug-likeness (QED) is 0.135. The van der Waals surface area contributed by atoms with E-state index in [-0.39, 0.29) is 9.33 Å². The van der Waals surface area contributed by atoms with Crippen LogP contribution in [0.15, 0.2) is 72.8 Å². The average Bonchev–Trinajstić information content (AvgIpc) is 3.22. The first-order chi connectivity index (χ1) is 15.3. The van der Waals surface area contributed by atoms with Crippen molar-refractivity contribution in [2.45, 2.75) is 32.7 Å². The Morgan fingerprint density at radius 2 is 1.75 bits per heavy atom. The number of carbonyl (C=O) groups is 1. The van der Waals surface area contributed by atoms with Crippen LogP contribution in [0.25, 0.3) is 16.5 Å². The van der Waals surface area contributed by atoms with Crippen molar-refractivity contribution in [1.82, 2.24) is 9.78 Å². The molecule has 0 aliphatic carbocycles. The molecule has 32 heavy (non-hydrogen) atoms. The first-order valence-corrected chi connectivity index (χ1v) is 14.9. The second-order valence-corrected chi connectivity index (χ2v) is 13.6. The number of alkyl halides is 1. The van der Waals surface area contributed by atoms with Gasteiger partial charge in [0.15, 0.2) is 0 Å². The predicted octanol–water partition coefficient (Wildman–Crippen LogP) is 6.32. The molecule has 1 amide bonds. The molecule has 0 atom stereocenters. The van der Waals surface area contributed by atoms with Gasteiger partial charge >= 0.3 is 197 Å². The summed E-state index contributed by atoms with van der Waals surface area (Å²) in [7, 11) is 0. The molecule has 0 spiro atoms. The van der Waals surface area contributed by atoms with Crippen molar-refractivity contribution in [3.05, 3.63) is 87.6 Å². The van der Waals surface area contributed by atoms with Crippen molar-refractivity contribution in [3.8, 4) is 5.69 Å². The summed E-state index contributed by atoms with van der Waals surface area (Å²) in [5.74, 6) is 0.693.